The van der Waals surface area contributed by atoms with Crippen molar-refractivity contribution in [3.8, 4) is 0 Å². The molecule has 0 spiro atoms. The van der Waals surface area contributed by atoms with Crippen molar-refractivity contribution in [2.24, 2.45) is 0 Å². The van der Waals surface area contributed by atoms with Gasteiger partial charge >= 0.3 is 30.1 Å². The van der Waals surface area contributed by atoms with Gasteiger partial charge in [-0.3, -0.25) is 19.1 Å². The number of esters is 4. The number of pyridine rings is 1. The van der Waals surface area contributed by atoms with Crippen molar-refractivity contribution in [2.45, 2.75) is 51.4 Å². The molecular weight excluding hydrogens is 374 g/mol. The summed E-state index contributed by atoms with van der Waals surface area (Å²) in [5.41, 5.74) is 0. The Hall–Kier alpha value is -3.01. The second-order valence-electron chi connectivity index (χ2n) is 6.02. The zero-order valence-corrected chi connectivity index (χ0v) is 15.9. The fraction of sp³-hybridized carbons (Fsp3) is 0.500. The number of rotatable bonds is 5. The minimum atomic E-state index is -1.41. The molecule has 0 aromatic carbocycles. The predicted octanol–water partition coefficient (Wildman–Crippen LogP) is -0.160. The first-order valence-corrected chi connectivity index (χ1v) is 8.45. The van der Waals surface area contributed by atoms with E-state index in [0.717, 1.165) is 21.0 Å². The number of carbonyl (C=O) groups excluding carboxylic acids is 4. The van der Waals surface area contributed by atoms with Gasteiger partial charge in [-0.15, -0.1) is 0 Å². The second-order valence-corrected chi connectivity index (χ2v) is 6.02. The maximum atomic E-state index is 12.3. The lowest BCUT2D eigenvalue weighted by atomic mass is 9.96. The molecular formula is C18H22NO9+. The monoisotopic (exact) mass is 396 g/mol. The number of nitrogens with zero attached hydrogens (tertiary/aromatic N) is 1. The molecule has 5 atom stereocenters. The van der Waals surface area contributed by atoms with Crippen LogP contribution in [-0.4, -0.2) is 55.4 Å². The van der Waals surface area contributed by atoms with Gasteiger partial charge in [0.25, 0.3) is 0 Å². The average Bonchev–Trinajstić information content (AvgIpc) is 2.63. The molecule has 0 unspecified atom stereocenters. The van der Waals surface area contributed by atoms with E-state index in [-0.39, 0.29) is 0 Å². The van der Waals surface area contributed by atoms with Crippen molar-refractivity contribution in [2.75, 3.05) is 7.11 Å². The molecule has 10 heteroatoms. The minimum absolute atomic E-state index is 0.676. The van der Waals surface area contributed by atoms with E-state index in [1.807, 2.05) is 0 Å². The highest BCUT2D eigenvalue weighted by molar-refractivity contribution is 5.77. The van der Waals surface area contributed by atoms with Crippen molar-refractivity contribution in [1.82, 2.24) is 0 Å². The van der Waals surface area contributed by atoms with Gasteiger partial charge in [0.1, 0.15) is 0 Å². The molecule has 1 fully saturated rings. The normalized spacial score (nSPS) is 26.6. The van der Waals surface area contributed by atoms with Crippen LogP contribution in [0.1, 0.15) is 27.0 Å². The van der Waals surface area contributed by atoms with E-state index in [4.69, 9.17) is 23.7 Å². The van der Waals surface area contributed by atoms with Crippen LogP contribution in [0.15, 0.2) is 30.6 Å². The highest BCUT2D eigenvalue weighted by atomic mass is 16.7. The molecule has 0 aliphatic carbocycles. The Balaban J connectivity index is 2.56. The summed E-state index contributed by atoms with van der Waals surface area (Å²) in [6, 6.07) is 5.14. The van der Waals surface area contributed by atoms with Crippen molar-refractivity contribution in [3.05, 3.63) is 30.6 Å². The number of hydrogen-bond donors (Lipinski definition) is 0. The Morgan fingerprint density at radius 3 is 1.79 bits per heavy atom. The molecule has 28 heavy (non-hydrogen) atoms. The van der Waals surface area contributed by atoms with Gasteiger partial charge in [0.2, 0.25) is 12.2 Å². The van der Waals surface area contributed by atoms with Crippen LogP contribution in [0.2, 0.25) is 0 Å². The van der Waals surface area contributed by atoms with E-state index < -0.39 is 54.5 Å². The van der Waals surface area contributed by atoms with Gasteiger partial charge in [0, 0.05) is 32.9 Å². The Morgan fingerprint density at radius 1 is 0.786 bits per heavy atom. The molecule has 0 N–H and O–H groups in total. The van der Waals surface area contributed by atoms with Gasteiger partial charge in [-0.25, -0.2) is 4.79 Å². The van der Waals surface area contributed by atoms with E-state index in [0.29, 0.717) is 0 Å². The van der Waals surface area contributed by atoms with Crippen molar-refractivity contribution in [1.29, 1.82) is 0 Å². The van der Waals surface area contributed by atoms with Crippen LogP contribution in [0.5, 0.6) is 0 Å². The van der Waals surface area contributed by atoms with Gasteiger partial charge in [-0.2, -0.15) is 4.57 Å². The quantitative estimate of drug-likeness (QED) is 0.380. The maximum Gasteiger partial charge on any atom is 0.339 e. The van der Waals surface area contributed by atoms with E-state index in [9.17, 15) is 19.2 Å². The first-order valence-electron chi connectivity index (χ1n) is 8.45. The Kier molecular flexibility index (Phi) is 7.05. The molecule has 0 amide bonds. The fourth-order valence-electron chi connectivity index (χ4n) is 2.92. The molecule has 2 heterocycles. The topological polar surface area (TPSA) is 118 Å². The van der Waals surface area contributed by atoms with E-state index in [1.54, 1.807) is 30.6 Å². The predicted molar refractivity (Wildman–Crippen MR) is 89.2 cm³/mol. The van der Waals surface area contributed by atoms with Gasteiger partial charge < -0.3 is 18.9 Å². The van der Waals surface area contributed by atoms with E-state index in [2.05, 4.69) is 0 Å². The first-order chi connectivity index (χ1) is 13.2. The van der Waals surface area contributed by atoms with Gasteiger partial charge in [0.15, 0.2) is 24.6 Å². The fourth-order valence-corrected chi connectivity index (χ4v) is 2.92. The summed E-state index contributed by atoms with van der Waals surface area (Å²) >= 11 is 0. The molecule has 2 rings (SSSR count). The van der Waals surface area contributed by atoms with Crippen molar-refractivity contribution in [3.63, 3.8) is 0 Å². The zero-order valence-electron chi connectivity index (χ0n) is 15.9. The molecule has 1 aliphatic rings. The van der Waals surface area contributed by atoms with E-state index >= 15 is 0 Å². The minimum Gasteiger partial charge on any atom is -0.467 e. The molecule has 1 saturated heterocycles. The summed E-state index contributed by atoms with van der Waals surface area (Å²) in [5.74, 6) is -2.98. The summed E-state index contributed by atoms with van der Waals surface area (Å²) in [4.78, 5) is 47.3. The smallest absolute Gasteiger partial charge is 0.339 e. The Morgan fingerprint density at radius 2 is 1.29 bits per heavy atom. The standard InChI is InChI=1S/C18H22NO9/c1-10(20)25-13-14(26-11(2)21)16(18(23)24-4)28-17(15(13)27-12(3)22)19-8-6-5-7-9-19/h5-9,13-17H,1-4H3/q+1/t13-,14-,15+,16+,17-/m0/s1. The number of hydrogen-bond acceptors (Lipinski definition) is 9. The van der Waals surface area contributed by atoms with Crippen molar-refractivity contribution < 1.29 is 47.4 Å². The lowest BCUT2D eigenvalue weighted by Crippen LogP contribution is -2.66. The highest BCUT2D eigenvalue weighted by Crippen LogP contribution is 2.32. The van der Waals surface area contributed by atoms with Crippen LogP contribution in [0, 0.1) is 0 Å². The van der Waals surface area contributed by atoms with E-state index in [1.165, 1.54) is 11.5 Å². The third kappa shape index (κ3) is 5.03. The lowest BCUT2D eigenvalue weighted by molar-refractivity contribution is -0.776. The zero-order chi connectivity index (χ0) is 20.8. The molecule has 0 radical (unpaired) electrons. The largest absolute Gasteiger partial charge is 0.467 e. The van der Waals surface area contributed by atoms with Crippen molar-refractivity contribution >= 4 is 23.9 Å². The van der Waals surface area contributed by atoms with Gasteiger partial charge in [-0.1, -0.05) is 6.07 Å². The molecule has 1 aliphatic heterocycles. The van der Waals surface area contributed by atoms with Crippen LogP contribution in [0.25, 0.3) is 0 Å². The van der Waals surface area contributed by atoms with Crippen LogP contribution < -0.4 is 4.57 Å². The molecule has 1 aromatic heterocycles. The number of ether oxygens (including phenoxy) is 5. The lowest BCUT2D eigenvalue weighted by Gasteiger charge is -2.40. The molecule has 152 valence electrons. The molecule has 0 saturated carbocycles. The summed E-state index contributed by atoms with van der Waals surface area (Å²) in [5, 5.41) is 0. The number of aromatic nitrogens is 1. The van der Waals surface area contributed by atoms with Crippen LogP contribution in [0.3, 0.4) is 0 Å². The highest BCUT2D eigenvalue weighted by Gasteiger charge is 2.58. The number of methoxy groups -OCH3 is 1. The third-order valence-electron chi connectivity index (χ3n) is 3.89. The Bertz CT molecular complexity index is 736. The van der Waals surface area contributed by atoms with Gasteiger partial charge in [-0.05, 0) is 0 Å². The molecule has 10 nitrogen and oxygen atoms in total. The summed E-state index contributed by atoms with van der Waals surface area (Å²) in [6.07, 6.45) is -3.11. The SMILES string of the molecule is COC(=O)[C@@H]1O[C@H]([n+]2ccccc2)[C@H](OC(C)=O)[C@@H](OC(C)=O)[C@@H]1OC(C)=O. The summed E-state index contributed by atoms with van der Waals surface area (Å²) in [7, 11) is 1.14. The van der Waals surface area contributed by atoms with Gasteiger partial charge in [0.05, 0.1) is 7.11 Å². The third-order valence-corrected chi connectivity index (χ3v) is 3.89. The summed E-state index contributed by atoms with van der Waals surface area (Å²) in [6.45, 7) is 3.44. The maximum absolute atomic E-state index is 12.3. The average molecular weight is 396 g/mol. The first kappa shape index (κ1) is 21.3. The van der Waals surface area contributed by atoms with Crippen LogP contribution in [0.4, 0.5) is 0 Å². The Labute approximate surface area is 161 Å². The molecule has 0 bridgehead atoms. The number of carbonyl (C=O) groups is 4. The second kappa shape index (κ2) is 9.27. The van der Waals surface area contributed by atoms with Crippen LogP contribution in [-0.2, 0) is 42.9 Å². The summed E-state index contributed by atoms with van der Waals surface area (Å²) < 4.78 is 27.9. The molecule has 1 aromatic rings. The van der Waals surface area contributed by atoms with Crippen LogP contribution >= 0.6 is 0 Å².